The van der Waals surface area contributed by atoms with Crippen LogP contribution in [0.25, 0.3) is 0 Å². The Hall–Kier alpha value is -3.33. The Morgan fingerprint density at radius 3 is 2.39 bits per heavy atom. The van der Waals surface area contributed by atoms with E-state index in [4.69, 9.17) is 10.5 Å². The van der Waals surface area contributed by atoms with Gasteiger partial charge in [0.25, 0.3) is 10.0 Å². The molecular formula is C24H36N6O5S. The summed E-state index contributed by atoms with van der Waals surface area (Å²) >= 11 is 0. The highest BCUT2D eigenvalue weighted by atomic mass is 32.2. The third-order valence-electron chi connectivity index (χ3n) is 5.54. The predicted molar refractivity (Wildman–Crippen MR) is 135 cm³/mol. The van der Waals surface area contributed by atoms with E-state index >= 15 is 0 Å². The minimum Gasteiger partial charge on any atom is -0.444 e. The lowest BCUT2D eigenvalue weighted by atomic mass is 9.98. The fourth-order valence-corrected chi connectivity index (χ4v) is 4.68. The molecule has 12 heteroatoms. The normalized spacial score (nSPS) is 16.5. The molecule has 1 aliphatic rings. The molecule has 36 heavy (non-hydrogen) atoms. The van der Waals surface area contributed by atoms with Gasteiger partial charge in [0, 0.05) is 6.54 Å². The van der Waals surface area contributed by atoms with E-state index in [0.29, 0.717) is 19.3 Å². The van der Waals surface area contributed by atoms with Gasteiger partial charge in [-0.15, -0.1) is 0 Å². The average Bonchev–Trinajstić information content (AvgIpc) is 3.23. The highest BCUT2D eigenvalue weighted by Gasteiger charge is 2.37. The number of nitriles is 1. The van der Waals surface area contributed by atoms with Crippen molar-refractivity contribution in [2.45, 2.75) is 88.3 Å². The summed E-state index contributed by atoms with van der Waals surface area (Å²) in [5.74, 6) is -0.771. The topological polar surface area (TPSA) is 176 Å². The van der Waals surface area contributed by atoms with Crippen LogP contribution in [0.4, 0.5) is 4.79 Å². The number of benzene rings is 1. The van der Waals surface area contributed by atoms with E-state index in [-0.39, 0.29) is 23.8 Å². The fourth-order valence-electron chi connectivity index (χ4n) is 3.73. The number of aryl methyl sites for hydroxylation is 1. The van der Waals surface area contributed by atoms with Crippen molar-refractivity contribution in [3.63, 3.8) is 0 Å². The summed E-state index contributed by atoms with van der Waals surface area (Å²) in [5, 5.41) is 14.9. The largest absolute Gasteiger partial charge is 0.444 e. The maximum absolute atomic E-state index is 13.0. The first kappa shape index (κ1) is 28.9. The molecule has 11 nitrogen and oxygen atoms in total. The number of ether oxygens (including phenoxy) is 1. The lowest BCUT2D eigenvalue weighted by Gasteiger charge is -2.27. The molecule has 5 N–H and O–H groups in total. The number of nitrogens with zero attached hydrogens (tertiary/aromatic N) is 2. The van der Waals surface area contributed by atoms with E-state index in [0.717, 1.165) is 18.4 Å². The maximum Gasteiger partial charge on any atom is 0.408 e. The number of alkyl carbamates (subject to hydrolysis) is 1. The van der Waals surface area contributed by atoms with E-state index in [2.05, 4.69) is 26.4 Å². The molecule has 0 unspecified atom stereocenters. The second-order valence-electron chi connectivity index (χ2n) is 9.92. The number of hydrogen-bond donors (Lipinski definition) is 4. The van der Waals surface area contributed by atoms with Crippen LogP contribution >= 0.6 is 0 Å². The molecule has 1 aromatic rings. The molecule has 1 atom stereocenters. The number of aliphatic imine (C=N–C) groups is 1. The van der Waals surface area contributed by atoms with Gasteiger partial charge in [-0.1, -0.05) is 17.7 Å². The van der Waals surface area contributed by atoms with Gasteiger partial charge in [-0.25, -0.2) is 17.9 Å². The quantitative estimate of drug-likeness (QED) is 0.219. The Bertz CT molecular complexity index is 1100. The molecule has 1 saturated carbocycles. The standard InChI is InChI=1S/C24H36N6O5S/c1-17-9-11-18(12-10-17)36(33,34)30-21(26)27-15-7-8-19(28-22(32)35-23(2,3)4)20(31)29-24(16-25)13-5-6-14-24/h9-12,19H,5-8,13-15H2,1-4H3,(H,28,32)(H,29,31)(H3,26,27,30)/t19-/m0/s1. The van der Waals surface area contributed by atoms with Crippen LogP contribution in [0.3, 0.4) is 0 Å². The minimum absolute atomic E-state index is 0.0582. The van der Waals surface area contributed by atoms with Crippen LogP contribution in [0.5, 0.6) is 0 Å². The van der Waals surface area contributed by atoms with Crippen molar-refractivity contribution >= 4 is 28.0 Å². The zero-order valence-corrected chi connectivity index (χ0v) is 22.1. The molecule has 0 bridgehead atoms. The Kier molecular flexibility index (Phi) is 9.69. The van der Waals surface area contributed by atoms with Crippen molar-refractivity contribution < 1.29 is 22.7 Å². The van der Waals surface area contributed by atoms with Gasteiger partial charge in [-0.05, 0) is 78.4 Å². The van der Waals surface area contributed by atoms with Gasteiger partial charge in [0.1, 0.15) is 17.2 Å². The van der Waals surface area contributed by atoms with Crippen molar-refractivity contribution in [3.05, 3.63) is 29.8 Å². The summed E-state index contributed by atoms with van der Waals surface area (Å²) in [6, 6.07) is 7.51. The van der Waals surface area contributed by atoms with Crippen LogP contribution in [0.1, 0.15) is 64.9 Å². The zero-order valence-electron chi connectivity index (χ0n) is 21.3. The molecule has 0 aromatic heterocycles. The summed E-state index contributed by atoms with van der Waals surface area (Å²) < 4.78 is 32.3. The molecule has 0 spiro atoms. The third kappa shape index (κ3) is 9.03. The number of carbonyl (C=O) groups is 2. The summed E-state index contributed by atoms with van der Waals surface area (Å²) in [6.07, 6.45) is 2.50. The molecule has 0 saturated heterocycles. The summed E-state index contributed by atoms with van der Waals surface area (Å²) in [7, 11) is -3.87. The van der Waals surface area contributed by atoms with Gasteiger partial charge < -0.3 is 21.1 Å². The molecule has 1 fully saturated rings. The molecule has 0 heterocycles. The molecule has 1 aliphatic carbocycles. The molecule has 1 aromatic carbocycles. The molecule has 0 aliphatic heterocycles. The monoisotopic (exact) mass is 520 g/mol. The van der Waals surface area contributed by atoms with E-state index < -0.39 is 39.2 Å². The maximum atomic E-state index is 13.0. The first-order valence-corrected chi connectivity index (χ1v) is 13.4. The number of rotatable bonds is 9. The van der Waals surface area contributed by atoms with Gasteiger partial charge in [0.2, 0.25) is 11.9 Å². The Morgan fingerprint density at radius 2 is 1.83 bits per heavy atom. The second-order valence-corrected chi connectivity index (χ2v) is 11.6. The van der Waals surface area contributed by atoms with Crippen molar-refractivity contribution in [2.24, 2.45) is 10.7 Å². The van der Waals surface area contributed by atoms with Gasteiger partial charge in [-0.2, -0.15) is 5.26 Å². The molecule has 198 valence electrons. The predicted octanol–water partition coefficient (Wildman–Crippen LogP) is 2.21. The van der Waals surface area contributed by atoms with Crippen molar-refractivity contribution in [1.82, 2.24) is 15.4 Å². The minimum atomic E-state index is -3.87. The number of nitrogens with one attached hydrogen (secondary N) is 3. The number of sulfonamides is 1. The first-order chi connectivity index (χ1) is 16.8. The molecule has 2 rings (SSSR count). The van der Waals surface area contributed by atoms with Gasteiger partial charge in [0.05, 0.1) is 11.0 Å². The Labute approximate surface area is 212 Å². The fraction of sp³-hybridized carbons (Fsp3) is 0.583. The smallest absolute Gasteiger partial charge is 0.408 e. The van der Waals surface area contributed by atoms with E-state index in [1.807, 2.05) is 6.92 Å². The molecule has 2 amide bonds. The van der Waals surface area contributed by atoms with Crippen LogP contribution in [0.2, 0.25) is 0 Å². The van der Waals surface area contributed by atoms with E-state index in [1.54, 1.807) is 32.9 Å². The summed E-state index contributed by atoms with van der Waals surface area (Å²) in [4.78, 5) is 29.4. The number of hydrogen-bond acceptors (Lipinski definition) is 7. The van der Waals surface area contributed by atoms with Crippen LogP contribution < -0.4 is 21.1 Å². The lowest BCUT2D eigenvalue weighted by Crippen LogP contribution is -2.54. The summed E-state index contributed by atoms with van der Waals surface area (Å²) in [6.45, 7) is 7.07. The highest BCUT2D eigenvalue weighted by Crippen LogP contribution is 2.29. The van der Waals surface area contributed by atoms with Gasteiger partial charge in [-0.3, -0.25) is 9.79 Å². The first-order valence-electron chi connectivity index (χ1n) is 11.9. The van der Waals surface area contributed by atoms with Gasteiger partial charge >= 0.3 is 6.09 Å². The van der Waals surface area contributed by atoms with Crippen molar-refractivity contribution in [3.8, 4) is 6.07 Å². The Morgan fingerprint density at radius 1 is 1.22 bits per heavy atom. The van der Waals surface area contributed by atoms with E-state index in [1.165, 1.54) is 12.1 Å². The van der Waals surface area contributed by atoms with Crippen LogP contribution in [-0.4, -0.2) is 50.1 Å². The SMILES string of the molecule is Cc1ccc(S(=O)(=O)NC(N)=NCCC[C@H](NC(=O)OC(C)(C)C)C(=O)NC2(C#N)CCCC2)cc1. The van der Waals surface area contributed by atoms with Crippen molar-refractivity contribution in [1.29, 1.82) is 5.26 Å². The van der Waals surface area contributed by atoms with E-state index in [9.17, 15) is 23.3 Å². The lowest BCUT2D eigenvalue weighted by molar-refractivity contribution is -0.124. The number of guanidine groups is 1. The van der Waals surface area contributed by atoms with Crippen molar-refractivity contribution in [2.75, 3.05) is 6.54 Å². The van der Waals surface area contributed by atoms with Crippen LogP contribution in [0.15, 0.2) is 34.2 Å². The molecule has 0 radical (unpaired) electrons. The van der Waals surface area contributed by atoms with Crippen LogP contribution in [0, 0.1) is 18.3 Å². The summed E-state index contributed by atoms with van der Waals surface area (Å²) in [5.41, 5.74) is 4.98. The average molecular weight is 521 g/mol. The number of carbonyl (C=O) groups excluding carboxylic acids is 2. The van der Waals surface area contributed by atoms with Crippen LogP contribution in [-0.2, 0) is 19.6 Å². The number of amides is 2. The highest BCUT2D eigenvalue weighted by molar-refractivity contribution is 7.90. The Balaban J connectivity index is 2.00. The third-order valence-corrected chi connectivity index (χ3v) is 6.91. The molecular weight excluding hydrogens is 484 g/mol. The van der Waals surface area contributed by atoms with Gasteiger partial charge in [0.15, 0.2) is 0 Å². The zero-order chi connectivity index (χ0) is 27.0. The number of nitrogens with two attached hydrogens (primary N) is 1. The second kappa shape index (κ2) is 12.1.